The summed E-state index contributed by atoms with van der Waals surface area (Å²) in [5.41, 5.74) is 4.28. The number of carbonyl (C=O) groups excluding carboxylic acids is 2. The average molecular weight is 430 g/mol. The van der Waals surface area contributed by atoms with Crippen LogP contribution >= 0.6 is 0 Å². The highest BCUT2D eigenvalue weighted by atomic mass is 16.5. The topological polar surface area (TPSA) is 61.9 Å². The van der Waals surface area contributed by atoms with Gasteiger partial charge >= 0.3 is 6.03 Å². The maximum atomic E-state index is 13.2. The molecule has 6 nitrogen and oxygen atoms in total. The fraction of sp³-hybridized carbons (Fsp3) is 0.231. The highest BCUT2D eigenvalue weighted by Gasteiger charge is 2.27. The third kappa shape index (κ3) is 4.91. The van der Waals surface area contributed by atoms with Crippen LogP contribution in [0.3, 0.4) is 0 Å². The van der Waals surface area contributed by atoms with Crippen molar-refractivity contribution in [2.45, 2.75) is 19.9 Å². The van der Waals surface area contributed by atoms with Gasteiger partial charge in [0.05, 0.1) is 7.11 Å². The zero-order valence-corrected chi connectivity index (χ0v) is 18.4. The number of hydrogen-bond acceptors (Lipinski definition) is 3. The van der Waals surface area contributed by atoms with Crippen LogP contribution in [-0.2, 0) is 6.54 Å². The number of benzene rings is 3. The summed E-state index contributed by atoms with van der Waals surface area (Å²) in [4.78, 5) is 29.4. The minimum atomic E-state index is -0.212. The Balaban J connectivity index is 1.46. The van der Waals surface area contributed by atoms with Crippen molar-refractivity contribution in [2.75, 3.05) is 30.4 Å². The van der Waals surface area contributed by atoms with E-state index in [0.717, 1.165) is 24.2 Å². The van der Waals surface area contributed by atoms with Gasteiger partial charge in [0.2, 0.25) is 0 Å². The Morgan fingerprint density at radius 2 is 1.75 bits per heavy atom. The van der Waals surface area contributed by atoms with Crippen molar-refractivity contribution < 1.29 is 14.3 Å². The lowest BCUT2D eigenvalue weighted by atomic mass is 10.1. The molecule has 32 heavy (non-hydrogen) atoms. The molecule has 1 aliphatic rings. The molecule has 1 N–H and O–H groups in total. The minimum Gasteiger partial charge on any atom is -0.497 e. The third-order valence-corrected chi connectivity index (χ3v) is 5.57. The van der Waals surface area contributed by atoms with E-state index in [4.69, 9.17) is 4.74 Å². The van der Waals surface area contributed by atoms with E-state index < -0.39 is 0 Å². The van der Waals surface area contributed by atoms with Crippen LogP contribution in [0.15, 0.2) is 72.8 Å². The highest BCUT2D eigenvalue weighted by molar-refractivity contribution is 6.04. The number of nitrogens with zero attached hydrogens (tertiary/aromatic N) is 2. The fourth-order valence-corrected chi connectivity index (χ4v) is 3.78. The first-order chi connectivity index (χ1) is 15.5. The molecule has 0 bridgehead atoms. The lowest BCUT2D eigenvalue weighted by molar-refractivity contribution is 0.102. The Morgan fingerprint density at radius 3 is 2.47 bits per heavy atom. The molecule has 164 valence electrons. The molecule has 0 aliphatic carbocycles. The molecule has 1 saturated heterocycles. The number of methoxy groups -OCH3 is 1. The van der Waals surface area contributed by atoms with Crippen molar-refractivity contribution in [3.63, 3.8) is 0 Å². The molecule has 1 aliphatic heterocycles. The Bertz CT molecular complexity index is 1090. The van der Waals surface area contributed by atoms with Gasteiger partial charge in [-0.15, -0.1) is 0 Å². The molecule has 0 unspecified atom stereocenters. The van der Waals surface area contributed by atoms with Gasteiger partial charge in [-0.3, -0.25) is 9.69 Å². The van der Waals surface area contributed by atoms with Gasteiger partial charge in [0.25, 0.3) is 5.91 Å². The van der Waals surface area contributed by atoms with Crippen LogP contribution in [-0.4, -0.2) is 37.0 Å². The molecule has 1 fully saturated rings. The zero-order valence-electron chi connectivity index (χ0n) is 18.4. The number of carbonyl (C=O) groups is 2. The number of aryl methyl sites for hydroxylation is 1. The highest BCUT2D eigenvalue weighted by Crippen LogP contribution is 2.25. The Morgan fingerprint density at radius 1 is 1.00 bits per heavy atom. The van der Waals surface area contributed by atoms with E-state index in [2.05, 4.69) is 36.5 Å². The van der Waals surface area contributed by atoms with Crippen LogP contribution in [0.25, 0.3) is 0 Å². The van der Waals surface area contributed by atoms with Crippen LogP contribution in [0.1, 0.15) is 27.9 Å². The van der Waals surface area contributed by atoms with Gasteiger partial charge in [0.15, 0.2) is 0 Å². The summed E-state index contributed by atoms with van der Waals surface area (Å²) in [7, 11) is 1.59. The van der Waals surface area contributed by atoms with Crippen molar-refractivity contribution in [3.8, 4) is 5.75 Å². The molecule has 3 amide bonds. The van der Waals surface area contributed by atoms with Crippen LogP contribution in [0, 0.1) is 6.92 Å². The molecule has 0 radical (unpaired) electrons. The summed E-state index contributed by atoms with van der Waals surface area (Å²) in [6, 6.07) is 22.6. The molecule has 0 aromatic heterocycles. The Hall–Kier alpha value is -3.80. The first kappa shape index (κ1) is 21.4. The van der Waals surface area contributed by atoms with Crippen molar-refractivity contribution in [1.29, 1.82) is 0 Å². The smallest absolute Gasteiger partial charge is 0.324 e. The summed E-state index contributed by atoms with van der Waals surface area (Å²) in [5, 5.41) is 2.92. The van der Waals surface area contributed by atoms with Crippen molar-refractivity contribution in [2.24, 2.45) is 0 Å². The predicted octanol–water partition coefficient (Wildman–Crippen LogP) is 5.09. The molecule has 1 heterocycles. The molecular weight excluding hydrogens is 402 g/mol. The fourth-order valence-electron chi connectivity index (χ4n) is 3.78. The van der Waals surface area contributed by atoms with Gasteiger partial charge in [-0.05, 0) is 61.4 Å². The second kappa shape index (κ2) is 9.56. The normalized spacial score (nSPS) is 13.8. The van der Waals surface area contributed by atoms with Gasteiger partial charge < -0.3 is 15.0 Å². The first-order valence-corrected chi connectivity index (χ1v) is 10.7. The summed E-state index contributed by atoms with van der Waals surface area (Å²) in [6.07, 6.45) is 0.889. The van der Waals surface area contributed by atoms with Gasteiger partial charge in [-0.2, -0.15) is 0 Å². The molecule has 4 rings (SSSR count). The number of anilines is 2. The average Bonchev–Trinajstić information content (AvgIpc) is 2.82. The Labute approximate surface area is 188 Å². The first-order valence-electron chi connectivity index (χ1n) is 10.7. The maximum Gasteiger partial charge on any atom is 0.324 e. The molecule has 0 atom stereocenters. The number of urea groups is 1. The molecule has 6 heteroatoms. The number of nitrogens with one attached hydrogen (secondary N) is 1. The molecular formula is C26H27N3O3. The summed E-state index contributed by atoms with van der Waals surface area (Å²) in [5.74, 6) is 0.484. The quantitative estimate of drug-likeness (QED) is 0.594. The van der Waals surface area contributed by atoms with Crippen molar-refractivity contribution in [1.82, 2.24) is 4.90 Å². The van der Waals surface area contributed by atoms with E-state index in [9.17, 15) is 9.59 Å². The predicted molar refractivity (Wildman–Crippen MR) is 126 cm³/mol. The van der Waals surface area contributed by atoms with Gasteiger partial charge in [0, 0.05) is 36.6 Å². The van der Waals surface area contributed by atoms with Crippen LogP contribution in [0.5, 0.6) is 5.75 Å². The second-order valence-electron chi connectivity index (χ2n) is 7.93. The van der Waals surface area contributed by atoms with E-state index >= 15 is 0 Å². The van der Waals surface area contributed by atoms with Crippen molar-refractivity contribution >= 4 is 23.3 Å². The van der Waals surface area contributed by atoms with Crippen LogP contribution in [0.4, 0.5) is 16.2 Å². The van der Waals surface area contributed by atoms with Crippen LogP contribution < -0.4 is 15.0 Å². The standard InChI is InChI=1S/C26H27N3O3/c1-19-7-9-20(10-8-19)18-28-15-4-16-29(26(28)31)23-6-3-5-22(17-23)27-25(30)21-11-13-24(32-2)14-12-21/h3,5-14,17H,4,15-16,18H2,1-2H3,(H,27,30). The minimum absolute atomic E-state index is 0.0181. The number of ether oxygens (including phenoxy) is 1. The summed E-state index contributed by atoms with van der Waals surface area (Å²) >= 11 is 0. The molecule has 0 spiro atoms. The number of rotatable bonds is 6. The van der Waals surface area contributed by atoms with Crippen molar-refractivity contribution in [3.05, 3.63) is 89.5 Å². The molecule has 3 aromatic carbocycles. The van der Waals surface area contributed by atoms with Gasteiger partial charge in [-0.25, -0.2) is 4.79 Å². The van der Waals surface area contributed by atoms with E-state index in [1.165, 1.54) is 5.56 Å². The van der Waals surface area contributed by atoms with Gasteiger partial charge in [-0.1, -0.05) is 35.9 Å². The lowest BCUT2D eigenvalue weighted by Gasteiger charge is -2.36. The Kier molecular flexibility index (Phi) is 6.40. The largest absolute Gasteiger partial charge is 0.497 e. The monoisotopic (exact) mass is 429 g/mol. The second-order valence-corrected chi connectivity index (χ2v) is 7.93. The zero-order chi connectivity index (χ0) is 22.5. The molecule has 0 saturated carbocycles. The van der Waals surface area contributed by atoms with Crippen LogP contribution in [0.2, 0.25) is 0 Å². The maximum absolute atomic E-state index is 13.2. The van der Waals surface area contributed by atoms with E-state index in [0.29, 0.717) is 30.1 Å². The third-order valence-electron chi connectivity index (χ3n) is 5.57. The number of amides is 3. The molecule has 3 aromatic rings. The lowest BCUT2D eigenvalue weighted by Crippen LogP contribution is -2.49. The summed E-state index contributed by atoms with van der Waals surface area (Å²) in [6.45, 7) is 4.03. The summed E-state index contributed by atoms with van der Waals surface area (Å²) < 4.78 is 5.14. The van der Waals surface area contributed by atoms with Gasteiger partial charge in [0.1, 0.15) is 5.75 Å². The van der Waals surface area contributed by atoms with E-state index in [1.807, 2.05) is 29.2 Å². The number of hydrogen-bond donors (Lipinski definition) is 1. The SMILES string of the molecule is COc1ccc(C(=O)Nc2cccc(N3CCCN(Cc4ccc(C)cc4)C3=O)c2)cc1. The van der Waals surface area contributed by atoms with E-state index in [1.54, 1.807) is 36.3 Å². The van der Waals surface area contributed by atoms with E-state index in [-0.39, 0.29) is 11.9 Å².